The first-order valence-electron chi connectivity index (χ1n) is 36.6. The van der Waals surface area contributed by atoms with Crippen molar-refractivity contribution in [3.05, 3.63) is 24.3 Å². The quantitative estimate of drug-likeness (QED) is 0.0204. The molecule has 0 radical (unpaired) electrons. The molecule has 0 saturated carbocycles. The fourth-order valence-electron chi connectivity index (χ4n) is 12.3. The highest BCUT2D eigenvalue weighted by atomic mass is 16.7. The predicted molar refractivity (Wildman–Crippen MR) is 351 cm³/mol. The number of unbranched alkanes of at least 4 members (excludes halogenated alkanes) is 44. The number of nitrogens with one attached hydrogen (secondary N) is 1. The topological polar surface area (TPSA) is 228 Å². The van der Waals surface area contributed by atoms with Crippen LogP contribution in [0, 0.1) is 0 Å². The smallest absolute Gasteiger partial charge is 0.220 e. The van der Waals surface area contributed by atoms with Crippen molar-refractivity contribution >= 4 is 5.91 Å². The van der Waals surface area contributed by atoms with Gasteiger partial charge in [-0.2, -0.15) is 0 Å². The molecule has 86 heavy (non-hydrogen) atoms. The van der Waals surface area contributed by atoms with Crippen LogP contribution >= 0.6 is 0 Å². The van der Waals surface area contributed by atoms with E-state index in [4.69, 9.17) is 18.9 Å². The van der Waals surface area contributed by atoms with Crippen molar-refractivity contribution in [3.8, 4) is 0 Å². The van der Waals surface area contributed by atoms with E-state index in [-0.39, 0.29) is 12.5 Å². The Morgan fingerprint density at radius 2 is 0.767 bits per heavy atom. The van der Waals surface area contributed by atoms with E-state index in [0.717, 1.165) is 57.8 Å². The van der Waals surface area contributed by atoms with Crippen LogP contribution in [-0.2, 0) is 23.7 Å². The fourth-order valence-corrected chi connectivity index (χ4v) is 12.3. The molecule has 508 valence electrons. The minimum atomic E-state index is -1.78. The Balaban J connectivity index is 1.65. The van der Waals surface area contributed by atoms with Crippen LogP contribution < -0.4 is 5.32 Å². The molecule has 1 amide bonds. The second kappa shape index (κ2) is 57.4. The van der Waals surface area contributed by atoms with Crippen molar-refractivity contribution in [3.63, 3.8) is 0 Å². The molecule has 0 aromatic rings. The highest BCUT2D eigenvalue weighted by Crippen LogP contribution is 2.30. The van der Waals surface area contributed by atoms with E-state index in [9.17, 15) is 45.6 Å². The van der Waals surface area contributed by atoms with Crippen LogP contribution in [0.25, 0.3) is 0 Å². The summed E-state index contributed by atoms with van der Waals surface area (Å²) in [6, 6.07) is -0.830. The van der Waals surface area contributed by atoms with Gasteiger partial charge in [-0.25, -0.2) is 0 Å². The van der Waals surface area contributed by atoms with Crippen LogP contribution in [0.3, 0.4) is 0 Å². The highest BCUT2D eigenvalue weighted by Gasteiger charge is 2.51. The maximum Gasteiger partial charge on any atom is 0.220 e. The van der Waals surface area contributed by atoms with Gasteiger partial charge < -0.3 is 65.1 Å². The average Bonchev–Trinajstić information content (AvgIpc) is 2.54. The summed E-state index contributed by atoms with van der Waals surface area (Å²) in [5.74, 6) is -0.203. The molecule has 0 spiro atoms. The van der Waals surface area contributed by atoms with Gasteiger partial charge in [0.2, 0.25) is 5.91 Å². The first-order chi connectivity index (χ1) is 42.1. The van der Waals surface area contributed by atoms with Crippen molar-refractivity contribution in [2.75, 3.05) is 19.8 Å². The van der Waals surface area contributed by atoms with Crippen molar-refractivity contribution in [1.29, 1.82) is 0 Å². The number of amides is 1. The Hall–Kier alpha value is -1.53. The summed E-state index contributed by atoms with van der Waals surface area (Å²) in [6.07, 6.45) is 54.8. The summed E-state index contributed by atoms with van der Waals surface area (Å²) < 4.78 is 22.9. The van der Waals surface area contributed by atoms with Gasteiger partial charge in [0.05, 0.1) is 32.0 Å². The van der Waals surface area contributed by atoms with E-state index in [1.54, 1.807) is 0 Å². The van der Waals surface area contributed by atoms with E-state index in [1.807, 2.05) is 0 Å². The second-order valence-corrected chi connectivity index (χ2v) is 26.1. The van der Waals surface area contributed by atoms with Gasteiger partial charge in [0.25, 0.3) is 0 Å². The lowest BCUT2D eigenvalue weighted by Gasteiger charge is -2.46. The third kappa shape index (κ3) is 41.1. The van der Waals surface area contributed by atoms with Crippen LogP contribution in [0.2, 0.25) is 0 Å². The number of hydrogen-bond acceptors (Lipinski definition) is 13. The highest BCUT2D eigenvalue weighted by molar-refractivity contribution is 5.76. The maximum absolute atomic E-state index is 13.4. The summed E-state index contributed by atoms with van der Waals surface area (Å²) in [5, 5.41) is 87.7. The molecule has 2 aliphatic rings. The minimum absolute atomic E-state index is 0.203. The Kier molecular flexibility index (Phi) is 53.7. The van der Waals surface area contributed by atoms with Crippen LogP contribution in [0.1, 0.15) is 335 Å². The molecule has 12 unspecified atom stereocenters. The average molecular weight is 1220 g/mol. The van der Waals surface area contributed by atoms with Gasteiger partial charge in [-0.1, -0.05) is 308 Å². The van der Waals surface area contributed by atoms with Gasteiger partial charge in [0, 0.05) is 6.42 Å². The molecule has 2 rings (SSSR count). The van der Waals surface area contributed by atoms with Crippen LogP contribution in [-0.4, -0.2) is 140 Å². The Morgan fingerprint density at radius 3 is 1.16 bits per heavy atom. The molecule has 14 nitrogen and oxygen atoms in total. The van der Waals surface area contributed by atoms with E-state index < -0.39 is 86.8 Å². The van der Waals surface area contributed by atoms with Crippen LogP contribution in [0.15, 0.2) is 24.3 Å². The number of aliphatic hydroxyl groups excluding tert-OH is 8. The van der Waals surface area contributed by atoms with Gasteiger partial charge in [0.1, 0.15) is 48.8 Å². The lowest BCUT2D eigenvalue weighted by Crippen LogP contribution is -2.65. The standard InChI is InChI=1S/C72H137NO13/c1-3-5-7-9-11-13-15-17-19-21-23-25-27-28-29-30-31-32-34-35-37-39-41-43-45-47-49-51-53-55-61(76)60(59-83-71-69(82)67(80)70(63(58-75)85-71)86-72-68(81)66(79)65(78)62(57-74)84-72)73-64(77)56-54-52-50-48-46-44-42-40-38-36-33-26-24-22-20-18-16-14-12-10-8-6-4-2/h16,18,22,24,60-63,65-72,74-76,78-82H,3-15,17,19-21,23,25-59H2,1-2H3,(H,73,77)/b18-16-,24-22-. The van der Waals surface area contributed by atoms with Gasteiger partial charge in [0.15, 0.2) is 12.6 Å². The molecule has 2 aliphatic heterocycles. The number of hydrogen-bond donors (Lipinski definition) is 9. The number of rotatable bonds is 61. The fraction of sp³-hybridized carbons (Fsp3) is 0.931. The zero-order chi connectivity index (χ0) is 62.3. The molecule has 14 heteroatoms. The molecular weight excluding hydrogens is 1090 g/mol. The maximum atomic E-state index is 13.4. The molecule has 2 heterocycles. The summed E-state index contributed by atoms with van der Waals surface area (Å²) in [6.45, 7) is 2.91. The number of ether oxygens (including phenoxy) is 4. The van der Waals surface area contributed by atoms with E-state index in [0.29, 0.717) is 12.8 Å². The number of carbonyl (C=O) groups is 1. The molecule has 0 aromatic heterocycles. The molecule has 0 aliphatic carbocycles. The molecule has 9 N–H and O–H groups in total. The summed E-state index contributed by atoms with van der Waals surface area (Å²) >= 11 is 0. The first kappa shape index (κ1) is 80.6. The number of carbonyl (C=O) groups excluding carboxylic acids is 1. The first-order valence-corrected chi connectivity index (χ1v) is 36.6. The number of aliphatic hydroxyl groups is 8. The van der Waals surface area contributed by atoms with Gasteiger partial charge in [-0.3, -0.25) is 4.79 Å². The van der Waals surface area contributed by atoms with Crippen molar-refractivity contribution < 1.29 is 64.6 Å². The predicted octanol–water partition coefficient (Wildman–Crippen LogP) is 15.1. The van der Waals surface area contributed by atoms with Crippen LogP contribution in [0.5, 0.6) is 0 Å². The molecule has 2 fully saturated rings. The third-order valence-electron chi connectivity index (χ3n) is 18.2. The normalized spacial score (nSPS) is 23.5. The summed E-state index contributed by atoms with van der Waals surface area (Å²) in [7, 11) is 0. The monoisotopic (exact) mass is 1220 g/mol. The van der Waals surface area contributed by atoms with Crippen molar-refractivity contribution in [2.45, 2.75) is 408 Å². The lowest BCUT2D eigenvalue weighted by atomic mass is 9.97. The molecule has 0 aromatic carbocycles. The minimum Gasteiger partial charge on any atom is -0.394 e. The molecule has 12 atom stereocenters. The zero-order valence-electron chi connectivity index (χ0n) is 55.3. The SMILES string of the molecule is CCCCCCC/C=C\C/C=C\CCCCCCCCCCCCCC(=O)NC(COC1OC(CO)C(OC2OC(CO)C(O)C(O)C2O)C(O)C1O)C(O)CCCCCCCCCCCCCCCCCCCCCCCCCCCCCCC. The zero-order valence-corrected chi connectivity index (χ0v) is 55.3. The Labute approximate surface area is 526 Å². The number of allylic oxidation sites excluding steroid dienone is 4. The Morgan fingerprint density at radius 1 is 0.419 bits per heavy atom. The summed E-state index contributed by atoms with van der Waals surface area (Å²) in [4.78, 5) is 13.4. The molecular formula is C72H137NO13. The second-order valence-electron chi connectivity index (χ2n) is 26.1. The van der Waals surface area contributed by atoms with E-state index in [2.05, 4.69) is 43.5 Å². The molecule has 0 bridgehead atoms. The van der Waals surface area contributed by atoms with Crippen LogP contribution in [0.4, 0.5) is 0 Å². The van der Waals surface area contributed by atoms with Gasteiger partial charge >= 0.3 is 0 Å². The summed E-state index contributed by atoms with van der Waals surface area (Å²) in [5.41, 5.74) is 0. The van der Waals surface area contributed by atoms with Gasteiger partial charge in [-0.15, -0.1) is 0 Å². The third-order valence-corrected chi connectivity index (χ3v) is 18.2. The van der Waals surface area contributed by atoms with Crippen molar-refractivity contribution in [1.82, 2.24) is 5.32 Å². The van der Waals surface area contributed by atoms with E-state index >= 15 is 0 Å². The Bertz CT molecular complexity index is 1540. The van der Waals surface area contributed by atoms with E-state index in [1.165, 1.54) is 250 Å². The molecule has 2 saturated heterocycles. The largest absolute Gasteiger partial charge is 0.394 e. The lowest BCUT2D eigenvalue weighted by molar-refractivity contribution is -0.359. The van der Waals surface area contributed by atoms with Crippen molar-refractivity contribution in [2.24, 2.45) is 0 Å². The van der Waals surface area contributed by atoms with Gasteiger partial charge in [-0.05, 0) is 44.9 Å².